The van der Waals surface area contributed by atoms with Crippen LogP contribution in [0.5, 0.6) is 0 Å². The molecule has 0 aromatic heterocycles. The number of nitrogens with zero attached hydrogens (tertiary/aromatic N) is 1. The lowest BCUT2D eigenvalue weighted by molar-refractivity contribution is -0.117. The monoisotopic (exact) mass is 297 g/mol. The van der Waals surface area contributed by atoms with E-state index in [0.717, 1.165) is 19.0 Å². The first-order valence-corrected chi connectivity index (χ1v) is 5.94. The molecule has 0 radical (unpaired) electrons. The molecule has 0 spiro atoms. The van der Waals surface area contributed by atoms with Crippen molar-refractivity contribution in [2.45, 2.75) is 45.8 Å². The van der Waals surface area contributed by atoms with Gasteiger partial charge in [0, 0.05) is 36.0 Å². The van der Waals surface area contributed by atoms with Gasteiger partial charge in [0.1, 0.15) is 0 Å². The van der Waals surface area contributed by atoms with Gasteiger partial charge in [-0.15, -0.1) is 0 Å². The largest absolute Gasteiger partial charge is 0.370 e. The number of halogens is 1. The van der Waals surface area contributed by atoms with Crippen molar-refractivity contribution >= 4 is 22.9 Å². The quantitative estimate of drug-likeness (QED) is 0.574. The first-order valence-electron chi connectivity index (χ1n) is 4.97. The molecule has 2 nitrogen and oxygen atoms in total. The van der Waals surface area contributed by atoms with Crippen molar-refractivity contribution in [3.8, 4) is 0 Å². The van der Waals surface area contributed by atoms with Crippen molar-refractivity contribution in [3.63, 3.8) is 0 Å². The summed E-state index contributed by atoms with van der Waals surface area (Å²) in [4.78, 5) is 0. The minimum atomic E-state index is 0.0268. The minimum Gasteiger partial charge on any atom is -0.370 e. The van der Waals surface area contributed by atoms with E-state index in [4.69, 9.17) is 4.74 Å². The molecule has 0 unspecified atom stereocenters. The molecule has 0 saturated carbocycles. The Balaban J connectivity index is 2.48. The zero-order valence-electron chi connectivity index (χ0n) is 9.01. The second kappa shape index (κ2) is 4.45. The summed E-state index contributed by atoms with van der Waals surface area (Å²) < 4.78 is 8.35. The number of hydrogen-bond acceptors (Lipinski definition) is 2. The molecule has 0 N–H and O–H groups in total. The normalized spacial score (nSPS) is 29.5. The fourth-order valence-corrected chi connectivity index (χ4v) is 3.13. The second-order valence-corrected chi connectivity index (χ2v) is 6.30. The van der Waals surface area contributed by atoms with Crippen molar-refractivity contribution in [1.82, 2.24) is 3.11 Å². The molecule has 1 aliphatic heterocycles. The summed E-state index contributed by atoms with van der Waals surface area (Å²) in [6.45, 7) is 11.0. The van der Waals surface area contributed by atoms with Crippen LogP contribution in [0.2, 0.25) is 0 Å². The predicted octanol–water partition coefficient (Wildman–Crippen LogP) is 2.86. The second-order valence-electron chi connectivity index (χ2n) is 4.93. The molecule has 0 aromatic carbocycles. The van der Waals surface area contributed by atoms with E-state index in [1.165, 1.54) is 6.42 Å². The van der Waals surface area contributed by atoms with E-state index in [0.29, 0.717) is 6.10 Å². The summed E-state index contributed by atoms with van der Waals surface area (Å²) in [5.41, 5.74) is 0.0268. The van der Waals surface area contributed by atoms with E-state index < -0.39 is 0 Å². The van der Waals surface area contributed by atoms with Crippen molar-refractivity contribution in [3.05, 3.63) is 0 Å². The van der Waals surface area contributed by atoms with Gasteiger partial charge in [0.15, 0.2) is 0 Å². The molecule has 3 heteroatoms. The Bertz CT molecular complexity index is 168. The van der Waals surface area contributed by atoms with Crippen LogP contribution in [0.1, 0.15) is 34.1 Å². The van der Waals surface area contributed by atoms with E-state index in [1.54, 1.807) is 0 Å². The average Bonchev–Trinajstić information content (AvgIpc) is 1.78. The Morgan fingerprint density at radius 2 is 2.15 bits per heavy atom. The maximum Gasteiger partial charge on any atom is 0.0765 e. The molecule has 0 aliphatic carbocycles. The van der Waals surface area contributed by atoms with E-state index >= 15 is 0 Å². The standard InChI is InChI=1S/C10H20INO/c1-8(2)5-9-6-12(11)7-10(3,4)13-9/h8-9H,5-7H2,1-4H3/t9-/m0/s1. The van der Waals surface area contributed by atoms with Crippen LogP contribution in [0.25, 0.3) is 0 Å². The fraction of sp³-hybridized carbons (Fsp3) is 1.00. The SMILES string of the molecule is CC(C)C[C@H]1CN(I)CC(C)(C)O1. The van der Waals surface area contributed by atoms with E-state index in [9.17, 15) is 0 Å². The molecule has 1 fully saturated rings. The summed E-state index contributed by atoms with van der Waals surface area (Å²) in [5, 5.41) is 0. The molecule has 78 valence electrons. The lowest BCUT2D eigenvalue weighted by Crippen LogP contribution is -2.49. The zero-order chi connectivity index (χ0) is 10.1. The van der Waals surface area contributed by atoms with Gasteiger partial charge in [0.2, 0.25) is 0 Å². The summed E-state index contributed by atoms with van der Waals surface area (Å²) in [6.07, 6.45) is 1.59. The molecule has 1 saturated heterocycles. The van der Waals surface area contributed by atoms with Crippen LogP contribution in [0.15, 0.2) is 0 Å². The fourth-order valence-electron chi connectivity index (χ4n) is 1.87. The molecular weight excluding hydrogens is 277 g/mol. The van der Waals surface area contributed by atoms with Crippen LogP contribution in [0, 0.1) is 5.92 Å². The Morgan fingerprint density at radius 3 is 2.62 bits per heavy atom. The topological polar surface area (TPSA) is 12.5 Å². The van der Waals surface area contributed by atoms with Crippen molar-refractivity contribution < 1.29 is 4.74 Å². The van der Waals surface area contributed by atoms with Crippen LogP contribution in [0.3, 0.4) is 0 Å². The molecule has 0 amide bonds. The van der Waals surface area contributed by atoms with Crippen molar-refractivity contribution in [1.29, 1.82) is 0 Å². The Hall–Kier alpha value is 0.650. The maximum absolute atomic E-state index is 6.01. The molecule has 13 heavy (non-hydrogen) atoms. The average molecular weight is 297 g/mol. The first kappa shape index (κ1) is 11.7. The van der Waals surface area contributed by atoms with E-state index in [-0.39, 0.29) is 5.60 Å². The molecular formula is C10H20INO. The van der Waals surface area contributed by atoms with E-state index in [2.05, 4.69) is 53.7 Å². The summed E-state index contributed by atoms with van der Waals surface area (Å²) in [5.74, 6) is 0.726. The maximum atomic E-state index is 6.01. The van der Waals surface area contributed by atoms with Gasteiger partial charge < -0.3 is 4.74 Å². The highest BCUT2D eigenvalue weighted by molar-refractivity contribution is 14.1. The summed E-state index contributed by atoms with van der Waals surface area (Å²) >= 11 is 2.40. The number of rotatable bonds is 2. The molecule has 1 atom stereocenters. The van der Waals surface area contributed by atoms with Gasteiger partial charge in [0.25, 0.3) is 0 Å². The highest BCUT2D eigenvalue weighted by Crippen LogP contribution is 2.26. The zero-order valence-corrected chi connectivity index (χ0v) is 11.2. The smallest absolute Gasteiger partial charge is 0.0765 e. The number of morpholine rings is 1. The van der Waals surface area contributed by atoms with Crippen LogP contribution in [0.4, 0.5) is 0 Å². The van der Waals surface area contributed by atoms with Gasteiger partial charge in [-0.3, -0.25) is 0 Å². The van der Waals surface area contributed by atoms with Gasteiger partial charge >= 0.3 is 0 Å². The Morgan fingerprint density at radius 1 is 1.54 bits per heavy atom. The van der Waals surface area contributed by atoms with Crippen LogP contribution < -0.4 is 0 Å². The van der Waals surface area contributed by atoms with Gasteiger partial charge in [-0.1, -0.05) is 13.8 Å². The summed E-state index contributed by atoms with van der Waals surface area (Å²) in [7, 11) is 0. The Kier molecular flexibility index (Phi) is 4.01. The third-order valence-electron chi connectivity index (χ3n) is 2.17. The first-order chi connectivity index (χ1) is 5.89. The van der Waals surface area contributed by atoms with Crippen LogP contribution >= 0.6 is 22.9 Å². The number of hydrogen-bond donors (Lipinski definition) is 0. The molecule has 0 aromatic rings. The van der Waals surface area contributed by atoms with Crippen molar-refractivity contribution in [2.75, 3.05) is 13.1 Å². The predicted molar refractivity (Wildman–Crippen MR) is 64.0 cm³/mol. The number of ether oxygens (including phenoxy) is 1. The van der Waals surface area contributed by atoms with Crippen molar-refractivity contribution in [2.24, 2.45) is 5.92 Å². The van der Waals surface area contributed by atoms with Crippen LogP contribution in [-0.2, 0) is 4.74 Å². The van der Waals surface area contributed by atoms with Gasteiger partial charge in [0.05, 0.1) is 11.7 Å². The molecule has 1 heterocycles. The van der Waals surface area contributed by atoms with E-state index in [1.807, 2.05) is 0 Å². The Labute approximate surface area is 95.5 Å². The third kappa shape index (κ3) is 4.13. The van der Waals surface area contributed by atoms with Gasteiger partial charge in [-0.05, 0) is 26.2 Å². The highest BCUT2D eigenvalue weighted by Gasteiger charge is 2.32. The highest BCUT2D eigenvalue weighted by atomic mass is 127. The third-order valence-corrected chi connectivity index (χ3v) is 2.91. The minimum absolute atomic E-state index is 0.0268. The van der Waals surface area contributed by atoms with Gasteiger partial charge in [-0.25, -0.2) is 3.11 Å². The lowest BCUT2D eigenvalue weighted by Gasteiger charge is -2.40. The summed E-state index contributed by atoms with van der Waals surface area (Å²) in [6, 6.07) is 0. The molecule has 1 aliphatic rings. The molecule has 0 bridgehead atoms. The molecule has 1 rings (SSSR count). The van der Waals surface area contributed by atoms with Crippen LogP contribution in [-0.4, -0.2) is 27.9 Å². The van der Waals surface area contributed by atoms with Gasteiger partial charge in [-0.2, -0.15) is 0 Å². The lowest BCUT2D eigenvalue weighted by atomic mass is 10.0.